The molecule has 0 aliphatic carbocycles. The Labute approximate surface area is 82.0 Å². The van der Waals surface area contributed by atoms with Gasteiger partial charge >= 0.3 is 0 Å². The van der Waals surface area contributed by atoms with E-state index < -0.39 is 0 Å². The highest BCUT2D eigenvalue weighted by atomic mass is 15.4. The van der Waals surface area contributed by atoms with E-state index in [1.165, 1.54) is 0 Å². The molecule has 0 bridgehead atoms. The lowest BCUT2D eigenvalue weighted by atomic mass is 10.3. The van der Waals surface area contributed by atoms with E-state index in [9.17, 15) is 0 Å². The first kappa shape index (κ1) is 8.52. The molecule has 0 amide bonds. The topological polar surface area (TPSA) is 30.7 Å². The number of rotatable bonds is 2. The second kappa shape index (κ2) is 3.35. The van der Waals surface area contributed by atoms with Crippen molar-refractivity contribution in [1.29, 1.82) is 0 Å². The number of hydrogen-bond donors (Lipinski definition) is 0. The molecule has 2 rings (SSSR count). The average molecular weight is 183 g/mol. The van der Waals surface area contributed by atoms with Crippen molar-refractivity contribution in [2.75, 3.05) is 0 Å². The van der Waals surface area contributed by atoms with Gasteiger partial charge in [-0.15, -0.1) is 17.4 Å². The Morgan fingerprint density at radius 1 is 1.50 bits per heavy atom. The van der Waals surface area contributed by atoms with Gasteiger partial charge < -0.3 is 0 Å². The van der Waals surface area contributed by atoms with Crippen LogP contribution in [-0.2, 0) is 0 Å². The Morgan fingerprint density at radius 2 is 2.29 bits per heavy atom. The van der Waals surface area contributed by atoms with Crippen molar-refractivity contribution in [2.24, 2.45) is 0 Å². The maximum Gasteiger partial charge on any atom is 0.113 e. The number of aromatic nitrogens is 3. The van der Waals surface area contributed by atoms with Crippen LogP contribution in [0.15, 0.2) is 30.8 Å². The SMILES string of the molecule is C#CCC(=C)n1nnc2ccccc21. The molecular weight excluding hydrogens is 174 g/mol. The van der Waals surface area contributed by atoms with E-state index in [1.807, 2.05) is 24.3 Å². The molecule has 0 unspecified atom stereocenters. The molecule has 3 nitrogen and oxygen atoms in total. The highest BCUT2D eigenvalue weighted by Gasteiger charge is 2.04. The van der Waals surface area contributed by atoms with Gasteiger partial charge in [0.25, 0.3) is 0 Å². The smallest absolute Gasteiger partial charge is 0.113 e. The van der Waals surface area contributed by atoms with E-state index in [1.54, 1.807) is 4.68 Å². The summed E-state index contributed by atoms with van der Waals surface area (Å²) >= 11 is 0. The highest BCUT2D eigenvalue weighted by Crippen LogP contribution is 2.14. The molecule has 14 heavy (non-hydrogen) atoms. The van der Waals surface area contributed by atoms with Gasteiger partial charge in [0.15, 0.2) is 0 Å². The molecule has 0 saturated carbocycles. The lowest BCUT2D eigenvalue weighted by Crippen LogP contribution is -1.97. The largest absolute Gasteiger partial charge is 0.217 e. The number of terminal acetylenes is 1. The van der Waals surface area contributed by atoms with E-state index >= 15 is 0 Å². The molecule has 0 saturated heterocycles. The average Bonchev–Trinajstić information content (AvgIpc) is 2.61. The van der Waals surface area contributed by atoms with Crippen LogP contribution in [0, 0.1) is 12.3 Å². The Balaban J connectivity index is 2.54. The molecule has 3 heteroatoms. The quantitative estimate of drug-likeness (QED) is 0.666. The number of fused-ring (bicyclic) bond motifs is 1. The van der Waals surface area contributed by atoms with E-state index in [2.05, 4.69) is 22.8 Å². The molecule has 0 aliphatic rings. The van der Waals surface area contributed by atoms with Crippen LogP contribution in [0.2, 0.25) is 0 Å². The fraction of sp³-hybridized carbons (Fsp3) is 0.0909. The van der Waals surface area contributed by atoms with Gasteiger partial charge in [-0.3, -0.25) is 0 Å². The monoisotopic (exact) mass is 183 g/mol. The van der Waals surface area contributed by atoms with Crippen LogP contribution in [0.3, 0.4) is 0 Å². The van der Waals surface area contributed by atoms with E-state index in [4.69, 9.17) is 6.42 Å². The van der Waals surface area contributed by atoms with Crippen LogP contribution in [0.5, 0.6) is 0 Å². The standard InChI is InChI=1S/C11H9N3/c1-3-6-9(2)14-11-8-5-4-7-10(11)12-13-14/h1,4-5,7-8H,2,6H2. The van der Waals surface area contributed by atoms with Crippen LogP contribution < -0.4 is 0 Å². The van der Waals surface area contributed by atoms with Gasteiger partial charge in [0.2, 0.25) is 0 Å². The van der Waals surface area contributed by atoms with Crippen molar-refractivity contribution in [3.63, 3.8) is 0 Å². The summed E-state index contributed by atoms with van der Waals surface area (Å²) in [6.45, 7) is 3.85. The Morgan fingerprint density at radius 3 is 3.07 bits per heavy atom. The third kappa shape index (κ3) is 1.27. The fourth-order valence-electron chi connectivity index (χ4n) is 1.30. The van der Waals surface area contributed by atoms with E-state index in [0.717, 1.165) is 16.7 Å². The summed E-state index contributed by atoms with van der Waals surface area (Å²) in [6.07, 6.45) is 5.69. The second-order valence-corrected chi connectivity index (χ2v) is 2.94. The molecule has 0 N–H and O–H groups in total. The third-order valence-corrected chi connectivity index (χ3v) is 1.96. The lowest BCUT2D eigenvalue weighted by molar-refractivity contribution is 0.828. The van der Waals surface area contributed by atoms with Gasteiger partial charge in [0.05, 0.1) is 11.9 Å². The molecule has 1 aromatic carbocycles. The number of nitrogens with zero attached hydrogens (tertiary/aromatic N) is 3. The minimum Gasteiger partial charge on any atom is -0.217 e. The summed E-state index contributed by atoms with van der Waals surface area (Å²) in [5, 5.41) is 7.99. The van der Waals surface area contributed by atoms with Crippen LogP contribution >= 0.6 is 0 Å². The predicted molar refractivity (Wildman–Crippen MR) is 56.3 cm³/mol. The zero-order valence-electron chi connectivity index (χ0n) is 7.64. The van der Waals surface area contributed by atoms with E-state index in [-0.39, 0.29) is 0 Å². The molecular formula is C11H9N3. The van der Waals surface area contributed by atoms with Crippen LogP contribution in [0.4, 0.5) is 0 Å². The summed E-state index contributed by atoms with van der Waals surface area (Å²) in [5.74, 6) is 2.53. The first-order chi connectivity index (χ1) is 6.83. The number of benzene rings is 1. The molecule has 0 atom stereocenters. The Bertz CT molecular complexity index is 517. The fourth-order valence-corrected chi connectivity index (χ4v) is 1.30. The van der Waals surface area contributed by atoms with Crippen LogP contribution in [0.25, 0.3) is 16.7 Å². The third-order valence-electron chi connectivity index (χ3n) is 1.96. The molecule has 2 aromatic rings. The molecule has 1 heterocycles. The maximum atomic E-state index is 5.21. The maximum absolute atomic E-state index is 5.21. The minimum atomic E-state index is 0.480. The minimum absolute atomic E-state index is 0.480. The van der Waals surface area contributed by atoms with Gasteiger partial charge in [-0.25, -0.2) is 4.68 Å². The van der Waals surface area contributed by atoms with Crippen LogP contribution in [-0.4, -0.2) is 15.0 Å². The second-order valence-electron chi connectivity index (χ2n) is 2.94. The molecule has 0 aliphatic heterocycles. The first-order valence-corrected chi connectivity index (χ1v) is 4.25. The summed E-state index contributed by atoms with van der Waals surface area (Å²) in [4.78, 5) is 0. The zero-order valence-corrected chi connectivity index (χ0v) is 7.64. The van der Waals surface area contributed by atoms with Gasteiger partial charge in [0, 0.05) is 5.70 Å². The number of hydrogen-bond acceptors (Lipinski definition) is 2. The highest BCUT2D eigenvalue weighted by molar-refractivity contribution is 5.77. The van der Waals surface area contributed by atoms with Gasteiger partial charge in [-0.2, -0.15) is 0 Å². The number of allylic oxidation sites excluding steroid dienone is 1. The normalized spacial score (nSPS) is 9.93. The summed E-state index contributed by atoms with van der Waals surface area (Å²) < 4.78 is 1.68. The van der Waals surface area contributed by atoms with E-state index in [0.29, 0.717) is 6.42 Å². The van der Waals surface area contributed by atoms with Gasteiger partial charge in [0.1, 0.15) is 5.52 Å². The summed E-state index contributed by atoms with van der Waals surface area (Å²) in [6, 6.07) is 7.70. The van der Waals surface area contributed by atoms with Crippen molar-refractivity contribution in [3.05, 3.63) is 30.8 Å². The molecule has 68 valence electrons. The van der Waals surface area contributed by atoms with Crippen molar-refractivity contribution in [1.82, 2.24) is 15.0 Å². The lowest BCUT2D eigenvalue weighted by Gasteiger charge is -2.00. The van der Waals surface area contributed by atoms with Crippen LogP contribution in [0.1, 0.15) is 6.42 Å². The molecule has 0 radical (unpaired) electrons. The zero-order chi connectivity index (χ0) is 9.97. The number of para-hydroxylation sites is 1. The first-order valence-electron chi connectivity index (χ1n) is 4.25. The van der Waals surface area contributed by atoms with Crippen molar-refractivity contribution >= 4 is 16.7 Å². The Kier molecular flexibility index (Phi) is 2.04. The van der Waals surface area contributed by atoms with Crippen molar-refractivity contribution < 1.29 is 0 Å². The molecule has 1 aromatic heterocycles. The van der Waals surface area contributed by atoms with Gasteiger partial charge in [-0.05, 0) is 12.1 Å². The summed E-state index contributed by atoms with van der Waals surface area (Å²) in [5.41, 5.74) is 2.56. The molecule has 0 fully saturated rings. The van der Waals surface area contributed by atoms with Crippen molar-refractivity contribution in [2.45, 2.75) is 6.42 Å². The van der Waals surface area contributed by atoms with Gasteiger partial charge in [-0.1, -0.05) is 23.9 Å². The Hall–Kier alpha value is -2.08. The van der Waals surface area contributed by atoms with Crippen molar-refractivity contribution in [3.8, 4) is 12.3 Å². The molecule has 0 spiro atoms. The predicted octanol–water partition coefficient (Wildman–Crippen LogP) is 1.93. The summed E-state index contributed by atoms with van der Waals surface area (Å²) in [7, 11) is 0.